The number of fused-ring (bicyclic) bond motifs is 7. The molecule has 6 heteroatoms. The van der Waals surface area contributed by atoms with Gasteiger partial charge in [-0.05, 0) is 37.2 Å². The summed E-state index contributed by atoms with van der Waals surface area (Å²) in [5, 5.41) is 2.18. The fourth-order valence-electron chi connectivity index (χ4n) is 4.64. The second-order valence-corrected chi connectivity index (χ2v) is 8.55. The molecule has 2 aliphatic rings. The zero-order valence-electron chi connectivity index (χ0n) is 16.3. The minimum atomic E-state index is 0.176. The van der Waals surface area contributed by atoms with E-state index in [0.717, 1.165) is 75.5 Å². The molecular weight excluding hydrogens is 372 g/mol. The Morgan fingerprint density at radius 2 is 1.89 bits per heavy atom. The Labute approximate surface area is 167 Å². The summed E-state index contributed by atoms with van der Waals surface area (Å²) < 4.78 is 8.34. The number of ketones is 2. The Kier molecular flexibility index (Phi) is 4.29. The van der Waals surface area contributed by atoms with Gasteiger partial charge in [-0.15, -0.1) is 11.3 Å². The maximum atomic E-state index is 12.5. The molecule has 0 amide bonds. The van der Waals surface area contributed by atoms with Crippen molar-refractivity contribution in [3.63, 3.8) is 0 Å². The molecule has 0 fully saturated rings. The van der Waals surface area contributed by atoms with E-state index < -0.39 is 0 Å². The molecule has 3 heterocycles. The van der Waals surface area contributed by atoms with Crippen LogP contribution in [0.3, 0.4) is 0 Å². The monoisotopic (exact) mass is 396 g/mol. The van der Waals surface area contributed by atoms with Gasteiger partial charge in [0.15, 0.2) is 17.3 Å². The van der Waals surface area contributed by atoms with Gasteiger partial charge in [0.2, 0.25) is 0 Å². The lowest BCUT2D eigenvalue weighted by atomic mass is 10.0. The van der Waals surface area contributed by atoms with Crippen LogP contribution < -0.4 is 4.74 Å². The molecule has 0 radical (unpaired) electrons. The number of ether oxygens (including phenoxy) is 1. The number of Topliss-reactive ketones (excluding diaryl/α,β-unsaturated/α-hetero) is 2. The number of carbonyl (C=O) groups is 2. The van der Waals surface area contributed by atoms with E-state index in [1.807, 2.05) is 6.07 Å². The fraction of sp³-hybridized carbons (Fsp3) is 0.455. The van der Waals surface area contributed by atoms with Crippen molar-refractivity contribution in [2.75, 3.05) is 26.2 Å². The van der Waals surface area contributed by atoms with Crippen LogP contribution in [0.2, 0.25) is 0 Å². The van der Waals surface area contributed by atoms with Crippen LogP contribution in [0.4, 0.5) is 0 Å². The Hall–Kier alpha value is -2.18. The lowest BCUT2D eigenvalue weighted by Gasteiger charge is -2.19. The molecule has 0 N–H and O–H groups in total. The van der Waals surface area contributed by atoms with E-state index in [4.69, 9.17) is 4.74 Å². The molecule has 0 saturated carbocycles. The van der Waals surface area contributed by atoms with Crippen LogP contribution in [-0.2, 0) is 13.0 Å². The summed E-state index contributed by atoms with van der Waals surface area (Å²) in [5.41, 5.74) is 3.14. The molecular formula is C22H24N2O3S. The van der Waals surface area contributed by atoms with Crippen molar-refractivity contribution in [3.8, 4) is 5.75 Å². The van der Waals surface area contributed by atoms with E-state index in [2.05, 4.69) is 29.4 Å². The molecule has 3 aromatic rings. The molecule has 0 bridgehead atoms. The Morgan fingerprint density at radius 3 is 2.68 bits per heavy atom. The molecule has 0 atom stereocenters. The molecule has 5 rings (SSSR count). The fourth-order valence-corrected chi connectivity index (χ4v) is 5.90. The van der Waals surface area contributed by atoms with Crippen molar-refractivity contribution < 1.29 is 14.3 Å². The van der Waals surface area contributed by atoms with Crippen LogP contribution in [0.5, 0.6) is 5.75 Å². The molecule has 5 nitrogen and oxygen atoms in total. The highest BCUT2D eigenvalue weighted by atomic mass is 32.1. The molecule has 1 aromatic carbocycles. The third-order valence-corrected chi connectivity index (χ3v) is 7.42. The zero-order valence-corrected chi connectivity index (χ0v) is 17.2. The van der Waals surface area contributed by atoms with Crippen LogP contribution in [0.1, 0.15) is 52.3 Å². The summed E-state index contributed by atoms with van der Waals surface area (Å²) in [7, 11) is 0. The van der Waals surface area contributed by atoms with Crippen molar-refractivity contribution in [1.82, 2.24) is 9.47 Å². The molecule has 28 heavy (non-hydrogen) atoms. The first-order chi connectivity index (χ1) is 13.6. The second kappa shape index (κ2) is 6.71. The SMILES string of the molecule is CCN(CC)CCn1c2ccc3c(c2c2c4c(sc21)C(=O)CCO4)CCC3=O. The predicted molar refractivity (Wildman–Crippen MR) is 112 cm³/mol. The number of carbonyl (C=O) groups excluding carboxylic acids is 2. The average molecular weight is 397 g/mol. The number of aromatic nitrogens is 1. The molecule has 2 aromatic heterocycles. The lowest BCUT2D eigenvalue weighted by molar-refractivity contribution is 0.0939. The van der Waals surface area contributed by atoms with E-state index in [-0.39, 0.29) is 11.6 Å². The molecule has 146 valence electrons. The van der Waals surface area contributed by atoms with E-state index in [0.29, 0.717) is 19.4 Å². The first kappa shape index (κ1) is 17.9. The van der Waals surface area contributed by atoms with Crippen molar-refractivity contribution in [2.24, 2.45) is 0 Å². The lowest BCUT2D eigenvalue weighted by Crippen LogP contribution is -2.26. The minimum absolute atomic E-state index is 0.176. The summed E-state index contributed by atoms with van der Waals surface area (Å²) in [6, 6.07) is 4.08. The molecule has 1 aliphatic heterocycles. The van der Waals surface area contributed by atoms with Gasteiger partial charge in [-0.25, -0.2) is 0 Å². The molecule has 0 unspecified atom stereocenters. The van der Waals surface area contributed by atoms with Crippen molar-refractivity contribution in [3.05, 3.63) is 28.1 Å². The quantitative estimate of drug-likeness (QED) is 0.645. The molecule has 0 spiro atoms. The van der Waals surface area contributed by atoms with Gasteiger partial charge in [-0.3, -0.25) is 9.59 Å². The van der Waals surface area contributed by atoms with Gasteiger partial charge in [0.25, 0.3) is 0 Å². The Bertz CT molecular complexity index is 1120. The maximum absolute atomic E-state index is 12.5. The van der Waals surface area contributed by atoms with E-state index >= 15 is 0 Å². The number of benzene rings is 1. The highest BCUT2D eigenvalue weighted by molar-refractivity contribution is 7.21. The highest BCUT2D eigenvalue weighted by Gasteiger charge is 2.31. The smallest absolute Gasteiger partial charge is 0.180 e. The van der Waals surface area contributed by atoms with Gasteiger partial charge in [-0.2, -0.15) is 0 Å². The second-order valence-electron chi connectivity index (χ2n) is 7.55. The van der Waals surface area contributed by atoms with Gasteiger partial charge in [-0.1, -0.05) is 13.8 Å². The van der Waals surface area contributed by atoms with Gasteiger partial charge in [0.05, 0.1) is 17.5 Å². The van der Waals surface area contributed by atoms with E-state index in [1.165, 1.54) is 0 Å². The summed E-state index contributed by atoms with van der Waals surface area (Å²) in [5.74, 6) is 1.15. The maximum Gasteiger partial charge on any atom is 0.180 e. The van der Waals surface area contributed by atoms with E-state index in [9.17, 15) is 9.59 Å². The predicted octanol–water partition coefficient (Wildman–Crippen LogP) is 4.29. The average Bonchev–Trinajstić information content (AvgIpc) is 3.35. The van der Waals surface area contributed by atoms with Crippen LogP contribution in [-0.4, -0.2) is 47.3 Å². The van der Waals surface area contributed by atoms with Gasteiger partial charge in [0, 0.05) is 36.9 Å². The third-order valence-electron chi connectivity index (χ3n) is 6.19. The number of hydrogen-bond acceptors (Lipinski definition) is 5. The summed E-state index contributed by atoms with van der Waals surface area (Å²) >= 11 is 1.56. The number of rotatable bonds is 5. The normalized spacial score (nSPS) is 16.2. The van der Waals surface area contributed by atoms with Crippen molar-refractivity contribution in [2.45, 2.75) is 39.7 Å². The number of thiophene rings is 1. The highest BCUT2D eigenvalue weighted by Crippen LogP contribution is 2.48. The van der Waals surface area contributed by atoms with Gasteiger partial charge >= 0.3 is 0 Å². The number of nitrogens with zero attached hydrogens (tertiary/aromatic N) is 2. The van der Waals surface area contributed by atoms with Crippen LogP contribution >= 0.6 is 11.3 Å². The summed E-state index contributed by atoms with van der Waals surface area (Å²) in [6.07, 6.45) is 1.80. The number of hydrogen-bond donors (Lipinski definition) is 0. The van der Waals surface area contributed by atoms with Crippen LogP contribution in [0, 0.1) is 0 Å². The van der Waals surface area contributed by atoms with Gasteiger partial charge < -0.3 is 14.2 Å². The Morgan fingerprint density at radius 1 is 1.07 bits per heavy atom. The van der Waals surface area contributed by atoms with Crippen LogP contribution in [0.25, 0.3) is 21.1 Å². The molecule has 1 aliphatic carbocycles. The summed E-state index contributed by atoms with van der Waals surface area (Å²) in [6.45, 7) is 8.67. The van der Waals surface area contributed by atoms with Crippen LogP contribution in [0.15, 0.2) is 12.1 Å². The largest absolute Gasteiger partial charge is 0.491 e. The molecule has 0 saturated heterocycles. The van der Waals surface area contributed by atoms with Gasteiger partial charge in [0.1, 0.15) is 9.71 Å². The van der Waals surface area contributed by atoms with Crippen molar-refractivity contribution in [1.29, 1.82) is 0 Å². The minimum Gasteiger partial charge on any atom is -0.491 e. The first-order valence-electron chi connectivity index (χ1n) is 10.2. The third kappa shape index (κ3) is 2.47. The standard InChI is InChI=1S/C22H24N2O3S/c1-3-23(4-2)10-11-24-15-7-5-13-14(6-8-16(13)25)18(15)19-20-21(28-22(19)24)17(26)9-12-27-20/h5,7H,3-4,6,8-12H2,1-2H3. The summed E-state index contributed by atoms with van der Waals surface area (Å²) in [4.78, 5) is 29.1. The number of aryl methyl sites for hydroxylation is 1. The first-order valence-corrected chi connectivity index (χ1v) is 11.0. The Balaban J connectivity index is 1.78. The zero-order chi connectivity index (χ0) is 19.4. The van der Waals surface area contributed by atoms with E-state index in [1.54, 1.807) is 11.3 Å². The topological polar surface area (TPSA) is 51.5 Å². The van der Waals surface area contributed by atoms with Crippen molar-refractivity contribution >= 4 is 44.0 Å². The number of likely N-dealkylation sites (N-methyl/N-ethyl adjacent to an activating group) is 1.